The fourth-order valence-electron chi connectivity index (χ4n) is 1.88. The highest BCUT2D eigenvalue weighted by Gasteiger charge is 2.03. The van der Waals surface area contributed by atoms with Crippen LogP contribution < -0.4 is 10.6 Å². The average Bonchev–Trinajstić information content (AvgIpc) is 2.93. The molecule has 0 fully saturated rings. The van der Waals surface area contributed by atoms with Gasteiger partial charge in [-0.3, -0.25) is 4.79 Å². The summed E-state index contributed by atoms with van der Waals surface area (Å²) in [7, 11) is 0. The number of benzene rings is 1. The van der Waals surface area contributed by atoms with Crippen molar-refractivity contribution in [3.8, 4) is 0 Å². The van der Waals surface area contributed by atoms with E-state index >= 15 is 0 Å². The minimum atomic E-state index is 0.0138. The molecule has 0 aliphatic heterocycles. The lowest BCUT2D eigenvalue weighted by molar-refractivity contribution is -0.115. The van der Waals surface area contributed by atoms with Crippen molar-refractivity contribution in [1.82, 2.24) is 0 Å². The summed E-state index contributed by atoms with van der Waals surface area (Å²) in [6.07, 6.45) is 2.53. The summed E-state index contributed by atoms with van der Waals surface area (Å²) in [5.41, 5.74) is 1.75. The second-order valence-corrected chi connectivity index (χ2v) is 5.50. The van der Waals surface area contributed by atoms with Gasteiger partial charge in [-0.1, -0.05) is 13.0 Å². The molecule has 112 valence electrons. The SMILES string of the molecule is CCC(=O)Nc1cccc(NCc2ccc(CSC)o2)c1. The number of hydrogen-bond acceptors (Lipinski definition) is 4. The van der Waals surface area contributed by atoms with Crippen LogP contribution in [0.4, 0.5) is 11.4 Å². The molecule has 1 amide bonds. The number of nitrogens with one attached hydrogen (secondary N) is 2. The molecule has 0 saturated carbocycles. The summed E-state index contributed by atoms with van der Waals surface area (Å²) >= 11 is 1.74. The van der Waals surface area contributed by atoms with E-state index in [-0.39, 0.29) is 5.91 Å². The number of thioether (sulfide) groups is 1. The fourth-order valence-corrected chi connectivity index (χ4v) is 2.32. The smallest absolute Gasteiger partial charge is 0.224 e. The van der Waals surface area contributed by atoms with Crippen molar-refractivity contribution >= 4 is 29.0 Å². The maximum Gasteiger partial charge on any atom is 0.224 e. The van der Waals surface area contributed by atoms with Gasteiger partial charge in [0.05, 0.1) is 12.3 Å². The molecule has 0 spiro atoms. The number of carbonyl (C=O) groups excluding carboxylic acids is 1. The largest absolute Gasteiger partial charge is 0.463 e. The van der Waals surface area contributed by atoms with E-state index in [1.165, 1.54) is 0 Å². The molecular weight excluding hydrogens is 284 g/mol. The number of amides is 1. The van der Waals surface area contributed by atoms with Crippen LogP contribution in [0.2, 0.25) is 0 Å². The maximum absolute atomic E-state index is 11.4. The molecule has 2 aromatic rings. The Balaban J connectivity index is 1.93. The predicted octanol–water partition coefficient (Wildman–Crippen LogP) is 4.10. The van der Waals surface area contributed by atoms with E-state index in [4.69, 9.17) is 4.42 Å². The van der Waals surface area contributed by atoms with Gasteiger partial charge in [-0.25, -0.2) is 0 Å². The Morgan fingerprint density at radius 1 is 1.19 bits per heavy atom. The number of rotatable bonds is 7. The van der Waals surface area contributed by atoms with Crippen LogP contribution in [0.5, 0.6) is 0 Å². The molecule has 1 aromatic heterocycles. The Kier molecular flexibility index (Phi) is 5.75. The quantitative estimate of drug-likeness (QED) is 0.808. The molecule has 0 aliphatic rings. The van der Waals surface area contributed by atoms with Crippen LogP contribution in [0.3, 0.4) is 0 Å². The zero-order valence-corrected chi connectivity index (χ0v) is 13.1. The standard InChI is InChI=1S/C16H20N2O2S/c1-3-16(19)18-13-6-4-5-12(9-13)17-10-14-7-8-15(20-14)11-21-2/h4-9,17H,3,10-11H2,1-2H3,(H,18,19). The van der Waals surface area contributed by atoms with E-state index in [1.807, 2.05) is 43.3 Å². The van der Waals surface area contributed by atoms with E-state index in [1.54, 1.807) is 11.8 Å². The Hall–Kier alpha value is -1.88. The van der Waals surface area contributed by atoms with Crippen LogP contribution in [0.15, 0.2) is 40.8 Å². The van der Waals surface area contributed by atoms with Crippen LogP contribution in [0.25, 0.3) is 0 Å². The lowest BCUT2D eigenvalue weighted by atomic mass is 10.2. The molecule has 0 unspecified atom stereocenters. The normalized spacial score (nSPS) is 10.4. The molecule has 1 aromatic carbocycles. The van der Waals surface area contributed by atoms with Crippen LogP contribution in [-0.4, -0.2) is 12.2 Å². The molecule has 2 rings (SSSR count). The van der Waals surface area contributed by atoms with Gasteiger partial charge in [-0.2, -0.15) is 11.8 Å². The number of anilines is 2. The first-order chi connectivity index (χ1) is 10.2. The summed E-state index contributed by atoms with van der Waals surface area (Å²) in [6, 6.07) is 11.7. The Bertz CT molecular complexity index is 595. The predicted molar refractivity (Wildman–Crippen MR) is 88.6 cm³/mol. The van der Waals surface area contributed by atoms with Crippen LogP contribution in [0.1, 0.15) is 24.9 Å². The fraction of sp³-hybridized carbons (Fsp3) is 0.312. The molecule has 2 N–H and O–H groups in total. The van der Waals surface area contributed by atoms with E-state index in [0.717, 1.165) is 28.6 Å². The number of hydrogen-bond donors (Lipinski definition) is 2. The molecule has 0 bridgehead atoms. The highest BCUT2D eigenvalue weighted by Crippen LogP contribution is 2.18. The summed E-state index contributed by atoms with van der Waals surface area (Å²) in [5, 5.41) is 6.14. The van der Waals surface area contributed by atoms with Crippen molar-refractivity contribution in [3.63, 3.8) is 0 Å². The van der Waals surface area contributed by atoms with Crippen molar-refractivity contribution in [2.75, 3.05) is 16.9 Å². The average molecular weight is 304 g/mol. The van der Waals surface area contributed by atoms with Gasteiger partial charge in [-0.15, -0.1) is 0 Å². The van der Waals surface area contributed by atoms with Crippen molar-refractivity contribution in [2.24, 2.45) is 0 Å². The number of furan rings is 1. The highest BCUT2D eigenvalue weighted by atomic mass is 32.2. The topological polar surface area (TPSA) is 54.3 Å². The van der Waals surface area contributed by atoms with Crippen molar-refractivity contribution < 1.29 is 9.21 Å². The summed E-state index contributed by atoms with van der Waals surface area (Å²) in [4.78, 5) is 11.4. The summed E-state index contributed by atoms with van der Waals surface area (Å²) in [6.45, 7) is 2.46. The van der Waals surface area contributed by atoms with Gasteiger partial charge < -0.3 is 15.1 Å². The second-order valence-electron chi connectivity index (χ2n) is 4.64. The molecule has 1 heterocycles. The molecule has 5 heteroatoms. The third kappa shape index (κ3) is 4.86. The molecule has 0 atom stereocenters. The molecule has 0 saturated heterocycles. The minimum absolute atomic E-state index is 0.0138. The van der Waals surface area contributed by atoms with E-state index in [2.05, 4.69) is 16.9 Å². The minimum Gasteiger partial charge on any atom is -0.463 e. The van der Waals surface area contributed by atoms with Crippen LogP contribution >= 0.6 is 11.8 Å². The lowest BCUT2D eigenvalue weighted by Crippen LogP contribution is -2.09. The summed E-state index contributed by atoms with van der Waals surface area (Å²) < 4.78 is 5.70. The van der Waals surface area contributed by atoms with Crippen LogP contribution in [0, 0.1) is 0 Å². The van der Waals surface area contributed by atoms with Crippen molar-refractivity contribution in [3.05, 3.63) is 47.9 Å². The van der Waals surface area contributed by atoms with Gasteiger partial charge in [0.25, 0.3) is 0 Å². The van der Waals surface area contributed by atoms with Crippen LogP contribution in [-0.2, 0) is 17.1 Å². The van der Waals surface area contributed by atoms with E-state index < -0.39 is 0 Å². The Labute approximate surface area is 129 Å². The first kappa shape index (κ1) is 15.5. The van der Waals surface area contributed by atoms with Crippen molar-refractivity contribution in [1.29, 1.82) is 0 Å². The van der Waals surface area contributed by atoms with Gasteiger partial charge in [0, 0.05) is 17.8 Å². The molecule has 0 aliphatic carbocycles. The third-order valence-electron chi connectivity index (χ3n) is 2.94. The summed E-state index contributed by atoms with van der Waals surface area (Å²) in [5.74, 6) is 2.80. The van der Waals surface area contributed by atoms with Gasteiger partial charge in [0.15, 0.2) is 0 Å². The molecule has 21 heavy (non-hydrogen) atoms. The molecule has 4 nitrogen and oxygen atoms in total. The van der Waals surface area contributed by atoms with Gasteiger partial charge in [-0.05, 0) is 36.6 Å². The number of carbonyl (C=O) groups is 1. The lowest BCUT2D eigenvalue weighted by Gasteiger charge is -2.08. The zero-order chi connectivity index (χ0) is 15.1. The molecular formula is C16H20N2O2S. The van der Waals surface area contributed by atoms with Crippen molar-refractivity contribution in [2.45, 2.75) is 25.6 Å². The Morgan fingerprint density at radius 2 is 1.95 bits per heavy atom. The Morgan fingerprint density at radius 3 is 2.71 bits per heavy atom. The zero-order valence-electron chi connectivity index (χ0n) is 12.3. The second kappa shape index (κ2) is 7.78. The van der Waals surface area contributed by atoms with E-state index in [0.29, 0.717) is 13.0 Å². The first-order valence-corrected chi connectivity index (χ1v) is 8.31. The van der Waals surface area contributed by atoms with Gasteiger partial charge in [0.1, 0.15) is 11.5 Å². The highest BCUT2D eigenvalue weighted by molar-refractivity contribution is 7.97. The van der Waals surface area contributed by atoms with Gasteiger partial charge in [0.2, 0.25) is 5.91 Å². The van der Waals surface area contributed by atoms with E-state index in [9.17, 15) is 4.79 Å². The maximum atomic E-state index is 11.4. The van der Waals surface area contributed by atoms with Gasteiger partial charge >= 0.3 is 0 Å². The monoisotopic (exact) mass is 304 g/mol. The first-order valence-electron chi connectivity index (χ1n) is 6.91. The third-order valence-corrected chi connectivity index (χ3v) is 3.51. The molecule has 0 radical (unpaired) electrons.